The average molecular weight is 780 g/mol. The summed E-state index contributed by atoms with van der Waals surface area (Å²) in [5, 5.41) is 0. The molecule has 0 heterocycles. The lowest BCUT2D eigenvalue weighted by molar-refractivity contribution is 1.28. The molecule has 1 nitrogen and oxygen atoms in total. The minimum Gasteiger partial charge on any atom is -0.311 e. The Labute approximate surface area is 360 Å². The molecule has 0 atom stereocenters. The molecular weight excluding hydrogens is 735 g/mol. The van der Waals surface area contributed by atoms with Crippen LogP contribution in [0.5, 0.6) is 0 Å². The molecule has 0 aromatic heterocycles. The quantitative estimate of drug-likeness (QED) is 0.112. The van der Waals surface area contributed by atoms with E-state index in [0.717, 1.165) is 33.8 Å². The number of hydrogen-bond donors (Lipinski definition) is 0. The first-order chi connectivity index (χ1) is 30.2. The second-order valence-electron chi connectivity index (χ2n) is 15.0. The van der Waals surface area contributed by atoms with Gasteiger partial charge in [-0.1, -0.05) is 237 Å². The molecule has 0 bridgehead atoms. The summed E-state index contributed by atoms with van der Waals surface area (Å²) in [6.07, 6.45) is 13.2. The van der Waals surface area contributed by atoms with E-state index < -0.39 is 0 Å². The van der Waals surface area contributed by atoms with E-state index in [2.05, 4.69) is 278 Å². The smallest absolute Gasteiger partial charge is 0.0462 e. The molecule has 0 saturated heterocycles. The van der Waals surface area contributed by atoms with Crippen LogP contribution in [0.3, 0.4) is 0 Å². The van der Waals surface area contributed by atoms with E-state index in [1.54, 1.807) is 0 Å². The van der Waals surface area contributed by atoms with Crippen molar-refractivity contribution in [3.63, 3.8) is 0 Å². The predicted octanol–water partition coefficient (Wildman–Crippen LogP) is 16.7. The Morgan fingerprint density at radius 3 is 0.738 bits per heavy atom. The van der Waals surface area contributed by atoms with E-state index in [4.69, 9.17) is 0 Å². The van der Waals surface area contributed by atoms with Gasteiger partial charge in [0.05, 0.1) is 0 Å². The Bertz CT molecular complexity index is 2580. The Kier molecular flexibility index (Phi) is 11.8. The highest BCUT2D eigenvalue weighted by Crippen LogP contribution is 2.36. The van der Waals surface area contributed by atoms with Crippen LogP contribution in [0.1, 0.15) is 33.4 Å². The summed E-state index contributed by atoms with van der Waals surface area (Å²) in [7, 11) is 0. The maximum atomic E-state index is 2.33. The molecule has 0 aliphatic carbocycles. The summed E-state index contributed by atoms with van der Waals surface area (Å²) in [5.41, 5.74) is 17.5. The third kappa shape index (κ3) is 9.34. The first-order valence-electron chi connectivity index (χ1n) is 20.8. The Morgan fingerprint density at radius 1 is 0.213 bits per heavy atom. The zero-order valence-corrected chi connectivity index (χ0v) is 33.9. The number of rotatable bonds is 12. The van der Waals surface area contributed by atoms with Crippen molar-refractivity contribution < 1.29 is 0 Å². The molecular formula is C60H45N. The molecule has 61 heavy (non-hydrogen) atoms. The summed E-state index contributed by atoms with van der Waals surface area (Å²) in [6.45, 7) is 0. The van der Waals surface area contributed by atoms with E-state index in [-0.39, 0.29) is 0 Å². The van der Waals surface area contributed by atoms with Crippen molar-refractivity contribution in [3.05, 3.63) is 270 Å². The van der Waals surface area contributed by atoms with Crippen molar-refractivity contribution in [2.45, 2.75) is 0 Å². The van der Waals surface area contributed by atoms with Crippen molar-refractivity contribution in [2.75, 3.05) is 4.90 Å². The monoisotopic (exact) mass is 779 g/mol. The maximum absolute atomic E-state index is 2.33. The zero-order chi connectivity index (χ0) is 41.1. The minimum atomic E-state index is 1.09. The van der Waals surface area contributed by atoms with Crippen LogP contribution in [0, 0.1) is 0 Å². The van der Waals surface area contributed by atoms with Gasteiger partial charge in [-0.3, -0.25) is 0 Å². The van der Waals surface area contributed by atoms with Gasteiger partial charge in [-0.2, -0.15) is 0 Å². The normalized spacial score (nSPS) is 11.4. The van der Waals surface area contributed by atoms with E-state index in [1.165, 1.54) is 50.1 Å². The summed E-state index contributed by atoms with van der Waals surface area (Å²) >= 11 is 0. The lowest BCUT2D eigenvalue weighted by Gasteiger charge is -2.26. The fourth-order valence-electron chi connectivity index (χ4n) is 7.78. The highest BCUT2D eigenvalue weighted by atomic mass is 15.1. The Balaban J connectivity index is 1.01. The molecule has 9 aromatic carbocycles. The van der Waals surface area contributed by atoms with Gasteiger partial charge in [0.25, 0.3) is 0 Å². The highest BCUT2D eigenvalue weighted by Gasteiger charge is 2.13. The molecule has 0 radical (unpaired) electrons. The van der Waals surface area contributed by atoms with Gasteiger partial charge in [0.15, 0.2) is 0 Å². The van der Waals surface area contributed by atoms with E-state index in [0.29, 0.717) is 0 Å². The van der Waals surface area contributed by atoms with Gasteiger partial charge in [0, 0.05) is 17.1 Å². The highest BCUT2D eigenvalue weighted by molar-refractivity contribution is 5.85. The third-order valence-corrected chi connectivity index (χ3v) is 11.0. The number of hydrogen-bond acceptors (Lipinski definition) is 1. The summed E-state index contributed by atoms with van der Waals surface area (Å²) in [5.74, 6) is 0. The standard InChI is InChI=1S/C60H45N/c1-4-16-49(17-5-1)58-25-13-10-22-52(58)37-28-46-31-40-55(41-32-46)61(56-42-33-47(34-43-56)29-38-53-23-11-14-26-59(53)50-18-6-2-7-19-50)57-44-35-48(36-45-57)30-39-54-24-12-15-27-60(54)51-20-8-3-9-21-51/h1-45H. The van der Waals surface area contributed by atoms with Crippen LogP contribution in [-0.4, -0.2) is 0 Å². The average Bonchev–Trinajstić information content (AvgIpc) is 3.34. The molecule has 0 spiro atoms. The topological polar surface area (TPSA) is 3.24 Å². The zero-order valence-electron chi connectivity index (χ0n) is 33.9. The summed E-state index contributed by atoms with van der Waals surface area (Å²) < 4.78 is 0. The summed E-state index contributed by atoms with van der Waals surface area (Å²) in [4.78, 5) is 2.33. The largest absolute Gasteiger partial charge is 0.311 e. The van der Waals surface area contributed by atoms with Crippen molar-refractivity contribution in [1.29, 1.82) is 0 Å². The van der Waals surface area contributed by atoms with Crippen LogP contribution in [0.4, 0.5) is 17.1 Å². The van der Waals surface area contributed by atoms with Gasteiger partial charge in [-0.15, -0.1) is 0 Å². The molecule has 9 aromatic rings. The molecule has 1 heteroatoms. The fourth-order valence-corrected chi connectivity index (χ4v) is 7.78. The number of anilines is 3. The van der Waals surface area contributed by atoms with Gasteiger partial charge in [0.2, 0.25) is 0 Å². The fraction of sp³-hybridized carbons (Fsp3) is 0. The van der Waals surface area contributed by atoms with E-state index in [9.17, 15) is 0 Å². The van der Waals surface area contributed by atoms with E-state index in [1.807, 2.05) is 0 Å². The lowest BCUT2D eigenvalue weighted by Crippen LogP contribution is -2.09. The first kappa shape index (κ1) is 38.5. The maximum Gasteiger partial charge on any atom is 0.0462 e. The van der Waals surface area contributed by atoms with Gasteiger partial charge < -0.3 is 4.90 Å². The van der Waals surface area contributed by atoms with Gasteiger partial charge >= 0.3 is 0 Å². The second kappa shape index (κ2) is 18.7. The first-order valence-corrected chi connectivity index (χ1v) is 20.8. The van der Waals surface area contributed by atoms with Crippen LogP contribution < -0.4 is 4.90 Å². The molecule has 0 fully saturated rings. The summed E-state index contributed by atoms with van der Waals surface area (Å²) in [6, 6.07) is 83.9. The van der Waals surface area contributed by atoms with Gasteiger partial charge in [-0.05, 0) is 103 Å². The Hall–Kier alpha value is -8.00. The third-order valence-electron chi connectivity index (χ3n) is 11.0. The minimum absolute atomic E-state index is 1.09. The molecule has 0 amide bonds. The number of benzene rings is 9. The van der Waals surface area contributed by atoms with Crippen LogP contribution in [0.2, 0.25) is 0 Å². The van der Waals surface area contributed by atoms with Crippen LogP contribution in [0.15, 0.2) is 237 Å². The number of nitrogens with zero attached hydrogens (tertiary/aromatic N) is 1. The molecule has 0 aliphatic rings. The van der Waals surface area contributed by atoms with Crippen molar-refractivity contribution in [2.24, 2.45) is 0 Å². The van der Waals surface area contributed by atoms with Crippen molar-refractivity contribution >= 4 is 53.5 Å². The molecule has 0 N–H and O–H groups in total. The molecule has 9 rings (SSSR count). The SMILES string of the molecule is C(=Cc1ccccc1-c1ccccc1)c1ccc(N(c2ccc(C=Cc3ccccc3-c3ccccc3)cc2)c2ccc(C=Cc3ccccc3-c3ccccc3)cc2)cc1. The predicted molar refractivity (Wildman–Crippen MR) is 264 cm³/mol. The van der Waals surface area contributed by atoms with Crippen molar-refractivity contribution in [3.8, 4) is 33.4 Å². The lowest BCUT2D eigenvalue weighted by atomic mass is 9.99. The second-order valence-corrected chi connectivity index (χ2v) is 15.0. The van der Waals surface area contributed by atoms with Crippen molar-refractivity contribution in [1.82, 2.24) is 0 Å². The van der Waals surface area contributed by atoms with Gasteiger partial charge in [0.1, 0.15) is 0 Å². The molecule has 290 valence electrons. The molecule has 0 unspecified atom stereocenters. The van der Waals surface area contributed by atoms with Gasteiger partial charge in [-0.25, -0.2) is 0 Å². The van der Waals surface area contributed by atoms with E-state index >= 15 is 0 Å². The van der Waals surface area contributed by atoms with Crippen LogP contribution in [0.25, 0.3) is 69.8 Å². The van der Waals surface area contributed by atoms with Crippen LogP contribution in [-0.2, 0) is 0 Å². The van der Waals surface area contributed by atoms with Crippen LogP contribution >= 0.6 is 0 Å². The molecule has 0 aliphatic heterocycles. The Morgan fingerprint density at radius 2 is 0.459 bits per heavy atom. The molecule has 0 saturated carbocycles.